The molecule has 0 radical (unpaired) electrons. The van der Waals surface area contributed by atoms with Gasteiger partial charge in [0.05, 0.1) is 25.8 Å². The van der Waals surface area contributed by atoms with Crippen molar-refractivity contribution >= 4 is 5.97 Å². The second-order valence-corrected chi connectivity index (χ2v) is 3.87. The van der Waals surface area contributed by atoms with E-state index in [1.165, 1.54) is 0 Å². The Morgan fingerprint density at radius 2 is 2.19 bits per heavy atom. The number of carboxylic acid groups (broad SMARTS) is 1. The van der Waals surface area contributed by atoms with Gasteiger partial charge in [-0.05, 0) is 5.56 Å². The van der Waals surface area contributed by atoms with Crippen LogP contribution in [0.5, 0.6) is 0 Å². The van der Waals surface area contributed by atoms with Crippen LogP contribution >= 0.6 is 0 Å². The lowest BCUT2D eigenvalue weighted by Crippen LogP contribution is -2.42. The summed E-state index contributed by atoms with van der Waals surface area (Å²) in [6, 6.07) is 9.95. The van der Waals surface area contributed by atoms with Crippen molar-refractivity contribution in [2.75, 3.05) is 26.3 Å². The van der Waals surface area contributed by atoms with Crippen LogP contribution in [0.25, 0.3) is 0 Å². The van der Waals surface area contributed by atoms with Crippen molar-refractivity contribution in [3.8, 4) is 0 Å². The maximum atomic E-state index is 10.8. The van der Waals surface area contributed by atoms with Crippen LogP contribution in [-0.2, 0) is 9.53 Å². The molecule has 0 bridgehead atoms. The lowest BCUT2D eigenvalue weighted by atomic mass is 10.1. The van der Waals surface area contributed by atoms with Crippen LogP contribution in [0.3, 0.4) is 0 Å². The van der Waals surface area contributed by atoms with E-state index in [0.717, 1.165) is 5.56 Å². The van der Waals surface area contributed by atoms with Crippen LogP contribution in [0.4, 0.5) is 0 Å². The van der Waals surface area contributed by atoms with Gasteiger partial charge in [0.15, 0.2) is 0 Å². The Morgan fingerprint density at radius 1 is 1.44 bits per heavy atom. The molecule has 1 N–H and O–H groups in total. The Labute approximate surface area is 94.4 Å². The summed E-state index contributed by atoms with van der Waals surface area (Å²) >= 11 is 0. The van der Waals surface area contributed by atoms with Crippen molar-refractivity contribution in [3.05, 3.63) is 35.9 Å². The Kier molecular flexibility index (Phi) is 3.54. The largest absolute Gasteiger partial charge is 0.480 e. The highest BCUT2D eigenvalue weighted by molar-refractivity contribution is 5.69. The van der Waals surface area contributed by atoms with Crippen LogP contribution in [0.15, 0.2) is 30.3 Å². The molecule has 0 unspecified atom stereocenters. The highest BCUT2D eigenvalue weighted by Gasteiger charge is 2.25. The first-order chi connectivity index (χ1) is 7.77. The van der Waals surface area contributed by atoms with Gasteiger partial charge in [-0.15, -0.1) is 0 Å². The molecule has 1 aliphatic heterocycles. The van der Waals surface area contributed by atoms with Crippen molar-refractivity contribution in [2.24, 2.45) is 0 Å². The van der Waals surface area contributed by atoms with Gasteiger partial charge in [0.1, 0.15) is 0 Å². The smallest absolute Gasteiger partial charge is 0.317 e. The Morgan fingerprint density at radius 3 is 2.88 bits per heavy atom. The Balaban J connectivity index is 2.13. The van der Waals surface area contributed by atoms with Crippen LogP contribution in [0, 0.1) is 0 Å². The standard InChI is InChI=1S/C12H15NO3/c14-12(15)8-13-6-7-16-9-11(13)10-4-2-1-3-5-10/h1-5,11H,6-9H2,(H,14,15)/t11-/m1/s1. The van der Waals surface area contributed by atoms with Crippen molar-refractivity contribution in [1.29, 1.82) is 0 Å². The van der Waals surface area contributed by atoms with Gasteiger partial charge >= 0.3 is 5.97 Å². The van der Waals surface area contributed by atoms with Crippen LogP contribution in [0.2, 0.25) is 0 Å². The van der Waals surface area contributed by atoms with Crippen molar-refractivity contribution < 1.29 is 14.6 Å². The quantitative estimate of drug-likeness (QED) is 0.831. The van der Waals surface area contributed by atoms with E-state index in [1.807, 2.05) is 35.2 Å². The average Bonchev–Trinajstić information content (AvgIpc) is 2.30. The van der Waals surface area contributed by atoms with Gasteiger partial charge in [0.25, 0.3) is 0 Å². The third kappa shape index (κ3) is 2.59. The third-order valence-corrected chi connectivity index (χ3v) is 2.76. The number of morpholine rings is 1. The number of rotatable bonds is 3. The Bertz CT molecular complexity index is 353. The van der Waals surface area contributed by atoms with Crippen LogP contribution in [-0.4, -0.2) is 42.3 Å². The molecule has 86 valence electrons. The Hall–Kier alpha value is -1.39. The normalized spacial score (nSPS) is 21.9. The van der Waals surface area contributed by atoms with E-state index in [0.29, 0.717) is 19.8 Å². The number of carboxylic acids is 1. The number of benzene rings is 1. The van der Waals surface area contributed by atoms with E-state index in [4.69, 9.17) is 9.84 Å². The molecule has 16 heavy (non-hydrogen) atoms. The third-order valence-electron chi connectivity index (χ3n) is 2.76. The fourth-order valence-electron chi connectivity index (χ4n) is 1.98. The molecule has 0 aliphatic carbocycles. The summed E-state index contributed by atoms with van der Waals surface area (Å²) in [7, 11) is 0. The molecule has 1 fully saturated rings. The minimum atomic E-state index is -0.789. The predicted octanol–water partition coefficient (Wildman–Crippen LogP) is 1.14. The molecule has 1 aromatic carbocycles. The number of carbonyl (C=O) groups is 1. The van der Waals surface area contributed by atoms with E-state index in [9.17, 15) is 4.79 Å². The fraction of sp³-hybridized carbons (Fsp3) is 0.417. The maximum Gasteiger partial charge on any atom is 0.317 e. The molecule has 1 atom stereocenters. The molecule has 0 saturated carbocycles. The number of hydrogen-bond donors (Lipinski definition) is 1. The number of hydrogen-bond acceptors (Lipinski definition) is 3. The molecule has 1 aliphatic rings. The lowest BCUT2D eigenvalue weighted by molar-refractivity contribution is -0.140. The summed E-state index contributed by atoms with van der Waals surface area (Å²) in [5, 5.41) is 8.85. The first kappa shape index (κ1) is 11.1. The van der Waals surface area contributed by atoms with E-state index in [2.05, 4.69) is 0 Å². The summed E-state index contributed by atoms with van der Waals surface area (Å²) in [6.45, 7) is 1.92. The minimum Gasteiger partial charge on any atom is -0.480 e. The minimum absolute atomic E-state index is 0.0612. The number of ether oxygens (including phenoxy) is 1. The summed E-state index contributed by atoms with van der Waals surface area (Å²) in [5.74, 6) is -0.789. The summed E-state index contributed by atoms with van der Waals surface area (Å²) in [4.78, 5) is 12.7. The predicted molar refractivity (Wildman–Crippen MR) is 59.2 cm³/mol. The first-order valence-corrected chi connectivity index (χ1v) is 5.36. The van der Waals surface area contributed by atoms with Gasteiger partial charge in [-0.3, -0.25) is 9.69 Å². The molecule has 4 heteroatoms. The maximum absolute atomic E-state index is 10.8. The van der Waals surface area contributed by atoms with Crippen molar-refractivity contribution in [3.63, 3.8) is 0 Å². The average molecular weight is 221 g/mol. The summed E-state index contributed by atoms with van der Waals surface area (Å²) in [5.41, 5.74) is 1.11. The first-order valence-electron chi connectivity index (χ1n) is 5.36. The van der Waals surface area contributed by atoms with Gasteiger partial charge < -0.3 is 9.84 Å². The number of nitrogens with zero attached hydrogens (tertiary/aromatic N) is 1. The van der Waals surface area contributed by atoms with Crippen LogP contribution < -0.4 is 0 Å². The number of aliphatic carboxylic acids is 1. The molecule has 2 rings (SSSR count). The van der Waals surface area contributed by atoms with E-state index in [-0.39, 0.29) is 12.6 Å². The van der Waals surface area contributed by atoms with E-state index >= 15 is 0 Å². The fourth-order valence-corrected chi connectivity index (χ4v) is 1.98. The molecule has 4 nitrogen and oxygen atoms in total. The highest BCUT2D eigenvalue weighted by Crippen LogP contribution is 2.23. The molecule has 1 saturated heterocycles. The highest BCUT2D eigenvalue weighted by atomic mass is 16.5. The van der Waals surface area contributed by atoms with Crippen molar-refractivity contribution in [2.45, 2.75) is 6.04 Å². The zero-order chi connectivity index (χ0) is 11.4. The van der Waals surface area contributed by atoms with E-state index < -0.39 is 5.97 Å². The van der Waals surface area contributed by atoms with Gasteiger partial charge in [0.2, 0.25) is 0 Å². The second kappa shape index (κ2) is 5.09. The monoisotopic (exact) mass is 221 g/mol. The van der Waals surface area contributed by atoms with Gasteiger partial charge in [-0.1, -0.05) is 30.3 Å². The van der Waals surface area contributed by atoms with Crippen molar-refractivity contribution in [1.82, 2.24) is 4.90 Å². The molecular formula is C12H15NO3. The zero-order valence-electron chi connectivity index (χ0n) is 9.00. The second-order valence-electron chi connectivity index (χ2n) is 3.87. The zero-order valence-corrected chi connectivity index (χ0v) is 9.00. The molecular weight excluding hydrogens is 206 g/mol. The molecule has 0 spiro atoms. The summed E-state index contributed by atoms with van der Waals surface area (Å²) in [6.07, 6.45) is 0. The van der Waals surface area contributed by atoms with Gasteiger partial charge in [-0.25, -0.2) is 0 Å². The molecule has 1 aromatic rings. The van der Waals surface area contributed by atoms with Crippen LogP contribution in [0.1, 0.15) is 11.6 Å². The summed E-state index contributed by atoms with van der Waals surface area (Å²) < 4.78 is 5.41. The lowest BCUT2D eigenvalue weighted by Gasteiger charge is -2.34. The molecule has 0 amide bonds. The van der Waals surface area contributed by atoms with Gasteiger partial charge in [-0.2, -0.15) is 0 Å². The topological polar surface area (TPSA) is 49.8 Å². The molecule has 1 heterocycles. The van der Waals surface area contributed by atoms with E-state index in [1.54, 1.807) is 0 Å². The molecule has 0 aromatic heterocycles. The SMILES string of the molecule is O=C(O)CN1CCOC[C@@H]1c1ccccc1. The van der Waals surface area contributed by atoms with Gasteiger partial charge in [0, 0.05) is 6.54 Å².